The lowest BCUT2D eigenvalue weighted by atomic mass is 10.1. The summed E-state index contributed by atoms with van der Waals surface area (Å²) < 4.78 is 6.93. The van der Waals surface area contributed by atoms with E-state index in [0.29, 0.717) is 11.3 Å². The van der Waals surface area contributed by atoms with Crippen molar-refractivity contribution >= 4 is 23.1 Å². The molecule has 0 spiro atoms. The second kappa shape index (κ2) is 6.25. The van der Waals surface area contributed by atoms with Crippen molar-refractivity contribution in [3.63, 3.8) is 0 Å². The third-order valence-electron chi connectivity index (χ3n) is 3.30. The van der Waals surface area contributed by atoms with Crippen LogP contribution >= 0.6 is 11.8 Å². The first-order chi connectivity index (χ1) is 11.1. The SMILES string of the molecule is CCSc1nc(-c2ccc(OC)c([N+](=O)[O-])c2)cc2nccn12. The number of hydrogen-bond donors (Lipinski definition) is 0. The van der Waals surface area contributed by atoms with E-state index < -0.39 is 4.92 Å². The number of nitro groups is 1. The number of nitro benzene ring substituents is 1. The van der Waals surface area contributed by atoms with Crippen molar-refractivity contribution in [1.82, 2.24) is 14.4 Å². The first kappa shape index (κ1) is 15.3. The van der Waals surface area contributed by atoms with Gasteiger partial charge in [0, 0.05) is 30.1 Å². The van der Waals surface area contributed by atoms with Gasteiger partial charge in [-0.05, 0) is 17.9 Å². The molecule has 8 heteroatoms. The molecule has 2 aromatic heterocycles. The molecule has 1 aromatic carbocycles. The molecule has 0 amide bonds. The largest absolute Gasteiger partial charge is 0.490 e. The Morgan fingerprint density at radius 2 is 2.22 bits per heavy atom. The Morgan fingerprint density at radius 1 is 1.39 bits per heavy atom. The molecular weight excluding hydrogens is 316 g/mol. The topological polar surface area (TPSA) is 82.6 Å². The molecule has 3 aromatic rings. The molecule has 0 unspecified atom stereocenters. The molecule has 0 saturated carbocycles. The van der Waals surface area contributed by atoms with Crippen LogP contribution in [0.4, 0.5) is 5.69 Å². The Balaban J connectivity index is 2.16. The molecule has 23 heavy (non-hydrogen) atoms. The minimum atomic E-state index is -0.460. The summed E-state index contributed by atoms with van der Waals surface area (Å²) in [5.41, 5.74) is 1.97. The van der Waals surface area contributed by atoms with Crippen LogP contribution in [0.5, 0.6) is 5.75 Å². The van der Waals surface area contributed by atoms with Crippen LogP contribution in [0.1, 0.15) is 6.92 Å². The summed E-state index contributed by atoms with van der Waals surface area (Å²) in [4.78, 5) is 19.6. The van der Waals surface area contributed by atoms with E-state index in [4.69, 9.17) is 4.74 Å². The van der Waals surface area contributed by atoms with Gasteiger partial charge in [0.15, 0.2) is 10.9 Å². The van der Waals surface area contributed by atoms with Gasteiger partial charge in [-0.1, -0.05) is 18.7 Å². The molecule has 0 N–H and O–H groups in total. The molecule has 2 heterocycles. The van der Waals surface area contributed by atoms with Crippen LogP contribution in [0.3, 0.4) is 0 Å². The summed E-state index contributed by atoms with van der Waals surface area (Å²) >= 11 is 1.59. The maximum absolute atomic E-state index is 11.2. The molecule has 7 nitrogen and oxygen atoms in total. The quantitative estimate of drug-likeness (QED) is 0.308. The molecule has 3 rings (SSSR count). The summed E-state index contributed by atoms with van der Waals surface area (Å²) in [7, 11) is 1.41. The number of imidazole rings is 1. The Morgan fingerprint density at radius 3 is 2.91 bits per heavy atom. The predicted octanol–water partition coefficient (Wildman–Crippen LogP) is 3.43. The fourth-order valence-electron chi connectivity index (χ4n) is 2.27. The maximum Gasteiger partial charge on any atom is 0.311 e. The fraction of sp³-hybridized carbons (Fsp3) is 0.200. The van der Waals surface area contributed by atoms with Crippen LogP contribution < -0.4 is 4.74 Å². The van der Waals surface area contributed by atoms with Crippen LogP contribution in [0.15, 0.2) is 41.8 Å². The summed E-state index contributed by atoms with van der Waals surface area (Å²) in [6.45, 7) is 2.04. The van der Waals surface area contributed by atoms with Gasteiger partial charge in [0.2, 0.25) is 0 Å². The normalized spacial score (nSPS) is 10.9. The molecule has 0 bridgehead atoms. The summed E-state index contributed by atoms with van der Waals surface area (Å²) in [5, 5.41) is 12.0. The number of benzene rings is 1. The third-order valence-corrected chi connectivity index (χ3v) is 4.14. The molecule has 0 aliphatic carbocycles. The standard InChI is InChI=1S/C15H14N4O3S/c1-3-23-15-17-11(9-14-16-6-7-18(14)15)10-4-5-13(22-2)12(8-10)19(20)21/h4-9H,3H2,1-2H3. The number of hydrogen-bond acceptors (Lipinski definition) is 6. The van der Waals surface area contributed by atoms with E-state index in [1.54, 1.807) is 30.1 Å². The molecule has 118 valence electrons. The second-order valence-electron chi connectivity index (χ2n) is 4.66. The number of ether oxygens (including phenoxy) is 1. The first-order valence-electron chi connectivity index (χ1n) is 6.93. The maximum atomic E-state index is 11.2. The van der Waals surface area contributed by atoms with Gasteiger partial charge in [-0.25, -0.2) is 9.97 Å². The van der Waals surface area contributed by atoms with E-state index in [0.717, 1.165) is 16.6 Å². The zero-order chi connectivity index (χ0) is 16.4. The van der Waals surface area contributed by atoms with Crippen molar-refractivity contribution in [2.24, 2.45) is 0 Å². The minimum absolute atomic E-state index is 0.0836. The Hall–Kier alpha value is -2.61. The van der Waals surface area contributed by atoms with Crippen molar-refractivity contribution in [2.75, 3.05) is 12.9 Å². The summed E-state index contributed by atoms with van der Waals surface area (Å²) in [5.74, 6) is 1.09. The molecule has 0 fully saturated rings. The van der Waals surface area contributed by atoms with Gasteiger partial charge in [0.05, 0.1) is 17.7 Å². The molecule has 0 saturated heterocycles. The number of aromatic nitrogens is 3. The van der Waals surface area contributed by atoms with Crippen LogP contribution in [-0.2, 0) is 0 Å². The van der Waals surface area contributed by atoms with Crippen molar-refractivity contribution in [3.05, 3.63) is 46.8 Å². The van der Waals surface area contributed by atoms with Crippen molar-refractivity contribution < 1.29 is 9.66 Å². The van der Waals surface area contributed by atoms with E-state index in [-0.39, 0.29) is 11.4 Å². The first-order valence-corrected chi connectivity index (χ1v) is 7.92. The molecule has 0 aliphatic heterocycles. The lowest BCUT2D eigenvalue weighted by Crippen LogP contribution is -1.98. The van der Waals surface area contributed by atoms with E-state index in [9.17, 15) is 10.1 Å². The van der Waals surface area contributed by atoms with Crippen molar-refractivity contribution in [3.8, 4) is 17.0 Å². The van der Waals surface area contributed by atoms with Gasteiger partial charge in [0.25, 0.3) is 0 Å². The van der Waals surface area contributed by atoms with E-state index in [1.165, 1.54) is 13.2 Å². The molecule has 0 atom stereocenters. The molecular formula is C15H14N4O3S. The van der Waals surface area contributed by atoms with Crippen molar-refractivity contribution in [2.45, 2.75) is 12.1 Å². The van der Waals surface area contributed by atoms with Crippen LogP contribution in [0.25, 0.3) is 16.9 Å². The second-order valence-corrected chi connectivity index (χ2v) is 5.89. The number of fused-ring (bicyclic) bond motifs is 1. The van der Waals surface area contributed by atoms with Crippen LogP contribution in [0.2, 0.25) is 0 Å². The zero-order valence-electron chi connectivity index (χ0n) is 12.6. The Bertz CT molecular complexity index is 878. The molecule has 0 radical (unpaired) electrons. The van der Waals surface area contributed by atoms with Gasteiger partial charge in [-0.15, -0.1) is 0 Å². The highest BCUT2D eigenvalue weighted by Crippen LogP contribution is 2.32. The zero-order valence-corrected chi connectivity index (χ0v) is 13.4. The van der Waals surface area contributed by atoms with Gasteiger partial charge < -0.3 is 4.74 Å². The minimum Gasteiger partial charge on any atom is -0.490 e. The van der Waals surface area contributed by atoms with Crippen molar-refractivity contribution in [1.29, 1.82) is 0 Å². The average Bonchev–Trinajstić information content (AvgIpc) is 3.03. The van der Waals surface area contributed by atoms with Crippen LogP contribution in [0, 0.1) is 10.1 Å². The number of nitrogens with zero attached hydrogens (tertiary/aromatic N) is 4. The number of methoxy groups -OCH3 is 1. The highest BCUT2D eigenvalue weighted by Gasteiger charge is 2.17. The monoisotopic (exact) mass is 330 g/mol. The highest BCUT2D eigenvalue weighted by atomic mass is 32.2. The lowest BCUT2D eigenvalue weighted by Gasteiger charge is -2.08. The van der Waals surface area contributed by atoms with E-state index in [1.807, 2.05) is 23.6 Å². The number of rotatable bonds is 5. The van der Waals surface area contributed by atoms with Gasteiger partial charge in [0.1, 0.15) is 5.65 Å². The third kappa shape index (κ3) is 2.85. The Labute approximate surface area is 136 Å². The van der Waals surface area contributed by atoms with Gasteiger partial charge in [-0.2, -0.15) is 0 Å². The highest BCUT2D eigenvalue weighted by molar-refractivity contribution is 7.99. The van der Waals surface area contributed by atoms with Gasteiger partial charge in [-0.3, -0.25) is 14.5 Å². The molecule has 0 aliphatic rings. The van der Waals surface area contributed by atoms with Gasteiger partial charge >= 0.3 is 5.69 Å². The van der Waals surface area contributed by atoms with Crippen LogP contribution in [-0.4, -0.2) is 32.2 Å². The van der Waals surface area contributed by atoms with E-state index >= 15 is 0 Å². The lowest BCUT2D eigenvalue weighted by molar-refractivity contribution is -0.385. The summed E-state index contributed by atoms with van der Waals surface area (Å²) in [6.07, 6.45) is 3.55. The number of thioether (sulfide) groups is 1. The Kier molecular flexibility index (Phi) is 4.16. The fourth-order valence-corrected chi connectivity index (χ4v) is 2.98. The average molecular weight is 330 g/mol. The predicted molar refractivity (Wildman–Crippen MR) is 88.0 cm³/mol. The summed E-state index contributed by atoms with van der Waals surface area (Å²) in [6, 6.07) is 6.62. The van der Waals surface area contributed by atoms with E-state index in [2.05, 4.69) is 9.97 Å². The smallest absolute Gasteiger partial charge is 0.311 e.